The second-order valence-corrected chi connectivity index (χ2v) is 10.5. The number of hydrogen-bond acceptors (Lipinski definition) is 4. The SMILES string of the molecule is CCCC/C=C/CCCCCCC[N+](CCC(C)C(=O)[O-])(CCC(C)C(=O)O)CCC(C)C(=O)O. The molecule has 35 heavy (non-hydrogen) atoms. The van der Waals surface area contributed by atoms with Crippen LogP contribution in [0.3, 0.4) is 0 Å². The van der Waals surface area contributed by atoms with Gasteiger partial charge in [0, 0.05) is 31.1 Å². The van der Waals surface area contributed by atoms with E-state index >= 15 is 0 Å². The number of carbonyl (C=O) groups is 3. The molecule has 0 aromatic heterocycles. The van der Waals surface area contributed by atoms with Gasteiger partial charge in [-0.3, -0.25) is 9.59 Å². The Balaban J connectivity index is 5.03. The van der Waals surface area contributed by atoms with Crippen molar-refractivity contribution < 1.29 is 34.2 Å². The average molecular weight is 498 g/mol. The van der Waals surface area contributed by atoms with Crippen LogP contribution in [0, 0.1) is 17.8 Å². The van der Waals surface area contributed by atoms with E-state index in [-0.39, 0.29) is 0 Å². The zero-order chi connectivity index (χ0) is 26.7. The van der Waals surface area contributed by atoms with E-state index in [0.717, 1.165) is 38.6 Å². The summed E-state index contributed by atoms with van der Waals surface area (Å²) in [5.41, 5.74) is 0. The predicted molar refractivity (Wildman–Crippen MR) is 138 cm³/mol. The van der Waals surface area contributed by atoms with Gasteiger partial charge in [-0.1, -0.05) is 65.5 Å². The first-order valence-electron chi connectivity index (χ1n) is 13.7. The van der Waals surface area contributed by atoms with Crippen molar-refractivity contribution in [2.75, 3.05) is 26.2 Å². The van der Waals surface area contributed by atoms with Crippen molar-refractivity contribution >= 4 is 17.9 Å². The molecule has 3 unspecified atom stereocenters. The Bertz CT molecular complexity index is 573. The quantitative estimate of drug-likeness (QED) is 0.118. The Labute approximate surface area is 213 Å². The first-order valence-corrected chi connectivity index (χ1v) is 13.7. The fourth-order valence-corrected chi connectivity index (χ4v) is 4.24. The first-order chi connectivity index (χ1) is 16.5. The Morgan fingerprint density at radius 3 is 1.57 bits per heavy atom. The molecule has 0 saturated carbocycles. The summed E-state index contributed by atoms with van der Waals surface area (Å²) in [5.74, 6) is -4.33. The van der Waals surface area contributed by atoms with Crippen LogP contribution in [0.5, 0.6) is 0 Å². The smallest absolute Gasteiger partial charge is 0.306 e. The molecule has 2 N–H and O–H groups in total. The summed E-state index contributed by atoms with van der Waals surface area (Å²) in [6.07, 6.45) is 16.2. The summed E-state index contributed by atoms with van der Waals surface area (Å²) in [4.78, 5) is 34.1. The van der Waals surface area contributed by atoms with Crippen molar-refractivity contribution in [2.45, 2.75) is 105 Å². The number of carboxylic acids is 3. The molecule has 0 aliphatic rings. The molecule has 0 amide bonds. The third-order valence-electron chi connectivity index (χ3n) is 7.25. The van der Waals surface area contributed by atoms with Crippen LogP contribution in [0.15, 0.2) is 12.2 Å². The minimum absolute atomic E-state index is 0.440. The van der Waals surface area contributed by atoms with Crippen LogP contribution >= 0.6 is 0 Å². The molecule has 0 heterocycles. The standard InChI is InChI=1S/C28H51NO6/c1-5-6-7-8-9-10-11-12-13-14-15-19-29(20-16-23(2)26(30)31,21-17-24(3)27(32)33)22-18-25(4)28(34)35/h8-9,23-25H,5-7,10-22H2,1-4H3,(H2-,30,31,32,33,34,35)/b9-8+. The van der Waals surface area contributed by atoms with Crippen molar-refractivity contribution in [1.82, 2.24) is 0 Å². The van der Waals surface area contributed by atoms with Gasteiger partial charge < -0.3 is 24.6 Å². The molecule has 7 heteroatoms. The Morgan fingerprint density at radius 1 is 0.686 bits per heavy atom. The predicted octanol–water partition coefficient (Wildman–Crippen LogP) is 4.89. The number of rotatable bonds is 23. The topological polar surface area (TPSA) is 115 Å². The fourth-order valence-electron chi connectivity index (χ4n) is 4.24. The molecule has 0 saturated heterocycles. The zero-order valence-electron chi connectivity index (χ0n) is 22.7. The van der Waals surface area contributed by atoms with Crippen LogP contribution < -0.4 is 5.11 Å². The van der Waals surface area contributed by atoms with Gasteiger partial charge in [0.2, 0.25) is 0 Å². The van der Waals surface area contributed by atoms with Crippen molar-refractivity contribution in [3.8, 4) is 0 Å². The Kier molecular flexibility index (Phi) is 18.3. The highest BCUT2D eigenvalue weighted by Crippen LogP contribution is 2.21. The highest BCUT2D eigenvalue weighted by molar-refractivity contribution is 5.69. The summed E-state index contributed by atoms with van der Waals surface area (Å²) in [7, 11) is 0. The van der Waals surface area contributed by atoms with E-state index in [1.165, 1.54) is 25.7 Å². The van der Waals surface area contributed by atoms with E-state index in [0.29, 0.717) is 43.4 Å². The summed E-state index contributed by atoms with van der Waals surface area (Å²) >= 11 is 0. The number of nitrogens with zero attached hydrogens (tertiary/aromatic N) is 1. The van der Waals surface area contributed by atoms with E-state index in [2.05, 4.69) is 19.1 Å². The lowest BCUT2D eigenvalue weighted by molar-refractivity contribution is -0.929. The normalized spacial score (nSPS) is 16.0. The molecular weight excluding hydrogens is 446 g/mol. The molecule has 0 aliphatic carbocycles. The van der Waals surface area contributed by atoms with Crippen LogP contribution in [0.2, 0.25) is 0 Å². The number of allylic oxidation sites excluding steroid dienone is 2. The maximum Gasteiger partial charge on any atom is 0.306 e. The molecule has 0 spiro atoms. The van der Waals surface area contributed by atoms with Crippen molar-refractivity contribution in [2.24, 2.45) is 17.8 Å². The van der Waals surface area contributed by atoms with Gasteiger partial charge >= 0.3 is 11.9 Å². The van der Waals surface area contributed by atoms with E-state index < -0.39 is 35.7 Å². The van der Waals surface area contributed by atoms with Crippen LogP contribution in [0.4, 0.5) is 0 Å². The van der Waals surface area contributed by atoms with Gasteiger partial charge in [0.1, 0.15) is 0 Å². The van der Waals surface area contributed by atoms with Gasteiger partial charge in [0.25, 0.3) is 0 Å². The third-order valence-corrected chi connectivity index (χ3v) is 7.25. The van der Waals surface area contributed by atoms with Gasteiger partial charge in [-0.25, -0.2) is 0 Å². The maximum atomic E-state index is 11.4. The molecule has 0 aromatic carbocycles. The minimum atomic E-state index is -1.08. The summed E-state index contributed by atoms with van der Waals surface area (Å²) in [5, 5.41) is 30.0. The molecule has 0 fully saturated rings. The van der Waals surface area contributed by atoms with Crippen LogP contribution in [0.25, 0.3) is 0 Å². The van der Waals surface area contributed by atoms with Gasteiger partial charge in [0.15, 0.2) is 0 Å². The number of hydrogen-bond donors (Lipinski definition) is 2. The molecule has 204 valence electrons. The molecule has 0 rings (SSSR count). The minimum Gasteiger partial charge on any atom is -0.550 e. The number of carboxylic acid groups (broad SMARTS) is 3. The lowest BCUT2D eigenvalue weighted by atomic mass is 10.0. The molecule has 7 nitrogen and oxygen atoms in total. The lowest BCUT2D eigenvalue weighted by Crippen LogP contribution is -2.52. The van der Waals surface area contributed by atoms with Crippen LogP contribution in [-0.2, 0) is 14.4 Å². The number of unbranched alkanes of at least 4 members (excludes halogenated alkanes) is 7. The van der Waals surface area contributed by atoms with Gasteiger partial charge in [0.05, 0.1) is 38.0 Å². The molecule has 3 atom stereocenters. The zero-order valence-corrected chi connectivity index (χ0v) is 22.7. The summed E-state index contributed by atoms with van der Waals surface area (Å²) < 4.78 is 0.576. The van der Waals surface area contributed by atoms with Gasteiger partial charge in [-0.2, -0.15) is 0 Å². The average Bonchev–Trinajstić information content (AvgIpc) is 2.82. The van der Waals surface area contributed by atoms with Gasteiger partial charge in [-0.15, -0.1) is 0 Å². The van der Waals surface area contributed by atoms with Crippen LogP contribution in [0.1, 0.15) is 105 Å². The first kappa shape index (κ1) is 33.1. The monoisotopic (exact) mass is 497 g/mol. The van der Waals surface area contributed by atoms with Gasteiger partial charge in [-0.05, 0) is 32.1 Å². The highest BCUT2D eigenvalue weighted by atomic mass is 16.4. The Hall–Kier alpha value is -1.89. The Morgan fingerprint density at radius 2 is 1.11 bits per heavy atom. The molecule has 0 aromatic rings. The summed E-state index contributed by atoms with van der Waals surface area (Å²) in [6.45, 7) is 9.86. The van der Waals surface area contributed by atoms with E-state index in [1.807, 2.05) is 0 Å². The van der Waals surface area contributed by atoms with Crippen molar-refractivity contribution in [3.05, 3.63) is 12.2 Å². The number of carbonyl (C=O) groups excluding carboxylic acids is 1. The number of quaternary nitrogens is 1. The van der Waals surface area contributed by atoms with E-state index in [9.17, 15) is 29.7 Å². The fraction of sp³-hybridized carbons (Fsp3) is 0.821. The van der Waals surface area contributed by atoms with Crippen LogP contribution in [-0.4, -0.2) is 58.8 Å². The molecule has 0 bridgehead atoms. The number of aliphatic carboxylic acids is 3. The largest absolute Gasteiger partial charge is 0.550 e. The molecule has 0 aliphatic heterocycles. The van der Waals surface area contributed by atoms with Crippen molar-refractivity contribution in [1.29, 1.82) is 0 Å². The highest BCUT2D eigenvalue weighted by Gasteiger charge is 2.30. The van der Waals surface area contributed by atoms with E-state index in [4.69, 9.17) is 0 Å². The lowest BCUT2D eigenvalue weighted by Gasteiger charge is -2.41. The maximum absolute atomic E-state index is 11.4. The summed E-state index contributed by atoms with van der Waals surface area (Å²) in [6, 6.07) is 0. The second-order valence-electron chi connectivity index (χ2n) is 10.5. The van der Waals surface area contributed by atoms with E-state index in [1.54, 1.807) is 20.8 Å². The molecular formula is C28H51NO6. The molecule has 0 radical (unpaired) electrons. The second kappa shape index (κ2) is 19.3. The third kappa shape index (κ3) is 16.4. The van der Waals surface area contributed by atoms with Crippen molar-refractivity contribution in [3.63, 3.8) is 0 Å².